The predicted octanol–water partition coefficient (Wildman–Crippen LogP) is 5.65. The Labute approximate surface area is 223 Å². The predicted molar refractivity (Wildman–Crippen MR) is 152 cm³/mol. The molecule has 0 spiro atoms. The third kappa shape index (κ3) is 5.81. The molecule has 5 rings (SSSR count). The SMILES string of the molecule is Cc1cc(-c2cnc3c(NCC(C)(C)O)cc(Nc4cccc(C(C)C)c4)nn23)ccc1C(=O)NC1CC1. The summed E-state index contributed by atoms with van der Waals surface area (Å²) < 4.78 is 1.81. The van der Waals surface area contributed by atoms with Crippen molar-refractivity contribution < 1.29 is 9.90 Å². The van der Waals surface area contributed by atoms with Crippen LogP contribution in [0.4, 0.5) is 17.2 Å². The number of nitrogens with zero attached hydrogens (tertiary/aromatic N) is 3. The zero-order chi connectivity index (χ0) is 27.0. The maximum absolute atomic E-state index is 12.6. The third-order valence-corrected chi connectivity index (χ3v) is 6.68. The molecule has 1 fully saturated rings. The van der Waals surface area contributed by atoms with Crippen LogP contribution in [0.1, 0.15) is 67.9 Å². The molecular formula is C30H36N6O2. The summed E-state index contributed by atoms with van der Waals surface area (Å²) in [6.07, 6.45) is 3.90. The monoisotopic (exact) mass is 512 g/mol. The second kappa shape index (κ2) is 10.1. The smallest absolute Gasteiger partial charge is 0.251 e. The Hall–Kier alpha value is -3.91. The van der Waals surface area contributed by atoms with Crippen molar-refractivity contribution in [1.82, 2.24) is 19.9 Å². The summed E-state index contributed by atoms with van der Waals surface area (Å²) in [6.45, 7) is 10.2. The van der Waals surface area contributed by atoms with E-state index >= 15 is 0 Å². The van der Waals surface area contributed by atoms with E-state index in [0.717, 1.165) is 41.0 Å². The molecule has 2 aromatic carbocycles. The lowest BCUT2D eigenvalue weighted by molar-refractivity contribution is 0.0940. The van der Waals surface area contributed by atoms with Crippen LogP contribution >= 0.6 is 0 Å². The van der Waals surface area contributed by atoms with E-state index in [4.69, 9.17) is 5.10 Å². The molecule has 8 heteroatoms. The Morgan fingerprint density at radius 3 is 2.63 bits per heavy atom. The summed E-state index contributed by atoms with van der Waals surface area (Å²) in [6, 6.07) is 16.3. The number of benzene rings is 2. The molecule has 0 aliphatic heterocycles. The van der Waals surface area contributed by atoms with Gasteiger partial charge in [0, 0.05) is 35.5 Å². The second-order valence-electron chi connectivity index (χ2n) is 11.2. The summed E-state index contributed by atoms with van der Waals surface area (Å²) in [5, 5.41) is 25.1. The van der Waals surface area contributed by atoms with E-state index in [1.54, 1.807) is 24.6 Å². The van der Waals surface area contributed by atoms with Crippen LogP contribution in [0.2, 0.25) is 0 Å². The standard InChI is InChI=1S/C30H36N6O2/c1-18(2)20-7-6-8-23(14-20)33-27-15-25(32-17-30(4,5)38)28-31-16-26(36(28)35-27)21-9-12-24(19(3)13-21)29(37)34-22-10-11-22/h6-9,12-16,18,22,32,38H,10-11,17H2,1-5H3,(H,33,35)(H,34,37). The summed E-state index contributed by atoms with van der Waals surface area (Å²) in [7, 11) is 0. The molecule has 1 aliphatic rings. The number of fused-ring (bicyclic) bond motifs is 1. The summed E-state index contributed by atoms with van der Waals surface area (Å²) in [5.41, 5.74) is 6.00. The van der Waals surface area contributed by atoms with Crippen molar-refractivity contribution in [1.29, 1.82) is 0 Å². The lowest BCUT2D eigenvalue weighted by Crippen LogP contribution is -2.29. The van der Waals surface area contributed by atoms with E-state index in [9.17, 15) is 9.90 Å². The topological polar surface area (TPSA) is 104 Å². The fourth-order valence-corrected chi connectivity index (χ4v) is 4.36. The first-order valence-corrected chi connectivity index (χ1v) is 13.2. The van der Waals surface area contributed by atoms with Crippen LogP contribution in [-0.4, -0.2) is 43.8 Å². The van der Waals surface area contributed by atoms with Crippen molar-refractivity contribution in [2.45, 2.75) is 65.0 Å². The lowest BCUT2D eigenvalue weighted by Gasteiger charge is -2.19. The number of rotatable bonds is 9. The number of aliphatic hydroxyl groups is 1. The van der Waals surface area contributed by atoms with Crippen LogP contribution in [-0.2, 0) is 0 Å². The average molecular weight is 513 g/mol. The molecule has 38 heavy (non-hydrogen) atoms. The number of aromatic nitrogens is 3. The number of carbonyl (C=O) groups is 1. The highest BCUT2D eigenvalue weighted by atomic mass is 16.3. The van der Waals surface area contributed by atoms with Gasteiger partial charge in [-0.05, 0) is 74.9 Å². The molecule has 0 bridgehead atoms. The van der Waals surface area contributed by atoms with Gasteiger partial charge in [-0.25, -0.2) is 9.50 Å². The van der Waals surface area contributed by atoms with Crippen molar-refractivity contribution in [2.24, 2.45) is 0 Å². The molecule has 0 atom stereocenters. The largest absolute Gasteiger partial charge is 0.389 e. The Balaban J connectivity index is 1.53. The molecule has 2 aromatic heterocycles. The molecule has 2 heterocycles. The number of anilines is 3. The van der Waals surface area contributed by atoms with Crippen molar-refractivity contribution in [3.05, 3.63) is 71.4 Å². The quantitative estimate of drug-likeness (QED) is 0.231. The number of aryl methyl sites for hydroxylation is 1. The average Bonchev–Trinajstić information content (AvgIpc) is 3.57. The number of imidazole rings is 1. The molecule has 1 saturated carbocycles. The fourth-order valence-electron chi connectivity index (χ4n) is 4.36. The van der Waals surface area contributed by atoms with Crippen LogP contribution in [0.3, 0.4) is 0 Å². The molecule has 0 radical (unpaired) electrons. The minimum Gasteiger partial charge on any atom is -0.389 e. The lowest BCUT2D eigenvalue weighted by atomic mass is 10.0. The first-order valence-electron chi connectivity index (χ1n) is 13.2. The normalized spacial score (nSPS) is 13.7. The molecule has 8 nitrogen and oxygen atoms in total. The first kappa shape index (κ1) is 25.7. The highest BCUT2D eigenvalue weighted by molar-refractivity contribution is 5.96. The summed E-state index contributed by atoms with van der Waals surface area (Å²) in [5.74, 6) is 1.03. The highest BCUT2D eigenvalue weighted by Gasteiger charge is 2.24. The van der Waals surface area contributed by atoms with E-state index in [0.29, 0.717) is 35.5 Å². The van der Waals surface area contributed by atoms with E-state index in [2.05, 4.69) is 46.9 Å². The Kier molecular flexibility index (Phi) is 6.84. The number of carbonyl (C=O) groups excluding carboxylic acids is 1. The van der Waals surface area contributed by atoms with Gasteiger partial charge in [0.15, 0.2) is 11.5 Å². The Morgan fingerprint density at radius 2 is 1.95 bits per heavy atom. The highest BCUT2D eigenvalue weighted by Crippen LogP contribution is 2.30. The maximum Gasteiger partial charge on any atom is 0.251 e. The molecule has 4 N–H and O–H groups in total. The van der Waals surface area contributed by atoms with Gasteiger partial charge in [0.2, 0.25) is 0 Å². The van der Waals surface area contributed by atoms with Gasteiger partial charge >= 0.3 is 0 Å². The van der Waals surface area contributed by atoms with Crippen LogP contribution in [0.5, 0.6) is 0 Å². The maximum atomic E-state index is 12.6. The van der Waals surface area contributed by atoms with E-state index < -0.39 is 5.60 Å². The van der Waals surface area contributed by atoms with Crippen molar-refractivity contribution >= 4 is 28.7 Å². The molecule has 1 aliphatic carbocycles. The van der Waals surface area contributed by atoms with Crippen LogP contribution in [0.15, 0.2) is 54.7 Å². The van der Waals surface area contributed by atoms with E-state index in [-0.39, 0.29) is 5.91 Å². The molecule has 0 unspecified atom stereocenters. The second-order valence-corrected chi connectivity index (χ2v) is 11.2. The zero-order valence-corrected chi connectivity index (χ0v) is 22.7. The van der Waals surface area contributed by atoms with Crippen molar-refractivity contribution in [2.75, 3.05) is 17.2 Å². The Bertz CT molecular complexity index is 1480. The van der Waals surface area contributed by atoms with Gasteiger partial charge in [-0.3, -0.25) is 4.79 Å². The zero-order valence-electron chi connectivity index (χ0n) is 22.7. The minimum atomic E-state index is -0.900. The molecular weight excluding hydrogens is 476 g/mol. The minimum absolute atomic E-state index is 0.0268. The first-order chi connectivity index (χ1) is 18.1. The van der Waals surface area contributed by atoms with Crippen LogP contribution in [0, 0.1) is 6.92 Å². The number of hydrogen-bond acceptors (Lipinski definition) is 6. The van der Waals surface area contributed by atoms with Gasteiger partial charge in [-0.15, -0.1) is 5.10 Å². The van der Waals surface area contributed by atoms with Crippen molar-refractivity contribution in [3.8, 4) is 11.3 Å². The van der Waals surface area contributed by atoms with Gasteiger partial charge in [0.05, 0.1) is 23.2 Å². The molecule has 0 saturated heterocycles. The summed E-state index contributed by atoms with van der Waals surface area (Å²) >= 11 is 0. The summed E-state index contributed by atoms with van der Waals surface area (Å²) in [4.78, 5) is 17.3. The number of hydrogen-bond donors (Lipinski definition) is 4. The van der Waals surface area contributed by atoms with Crippen molar-refractivity contribution in [3.63, 3.8) is 0 Å². The van der Waals surface area contributed by atoms with Gasteiger partial charge in [-0.2, -0.15) is 0 Å². The third-order valence-electron chi connectivity index (χ3n) is 6.68. The molecule has 4 aromatic rings. The van der Waals surface area contributed by atoms with Gasteiger partial charge < -0.3 is 21.1 Å². The fraction of sp³-hybridized carbons (Fsp3) is 0.367. The van der Waals surface area contributed by atoms with Crippen LogP contribution < -0.4 is 16.0 Å². The van der Waals surface area contributed by atoms with Crippen LogP contribution in [0.25, 0.3) is 16.9 Å². The van der Waals surface area contributed by atoms with E-state index in [1.807, 2.05) is 43.3 Å². The van der Waals surface area contributed by atoms with Gasteiger partial charge in [-0.1, -0.05) is 32.0 Å². The molecule has 198 valence electrons. The number of amides is 1. The van der Waals surface area contributed by atoms with Gasteiger partial charge in [0.1, 0.15) is 0 Å². The molecule has 1 amide bonds. The number of nitrogens with one attached hydrogen (secondary N) is 3. The van der Waals surface area contributed by atoms with Gasteiger partial charge in [0.25, 0.3) is 5.91 Å². The Morgan fingerprint density at radius 1 is 1.16 bits per heavy atom. The van der Waals surface area contributed by atoms with E-state index in [1.165, 1.54) is 5.56 Å².